The highest BCUT2D eigenvalue weighted by Gasteiger charge is 2.21. The molecule has 0 amide bonds. The number of hydrogen-bond acceptors (Lipinski definition) is 3. The lowest BCUT2D eigenvalue weighted by Gasteiger charge is -2.31. The highest BCUT2D eigenvalue weighted by Crippen LogP contribution is 2.12. The van der Waals surface area contributed by atoms with E-state index in [9.17, 15) is 8.42 Å². The van der Waals surface area contributed by atoms with Gasteiger partial charge < -0.3 is 4.90 Å². The van der Waals surface area contributed by atoms with E-state index < -0.39 is 10.0 Å². The smallest absolute Gasteiger partial charge is 0.233 e. The van der Waals surface area contributed by atoms with Gasteiger partial charge in [-0.05, 0) is 50.5 Å². The maximum absolute atomic E-state index is 12.1. The van der Waals surface area contributed by atoms with Gasteiger partial charge in [0.05, 0.1) is 0 Å². The lowest BCUT2D eigenvalue weighted by atomic mass is 10.1. The van der Waals surface area contributed by atoms with Gasteiger partial charge in [0.25, 0.3) is 0 Å². The normalized spacial score (nSPS) is 18.3. The van der Waals surface area contributed by atoms with Gasteiger partial charge in [-0.2, -0.15) is 0 Å². The summed E-state index contributed by atoms with van der Waals surface area (Å²) in [4.78, 5) is 2.39. The van der Waals surface area contributed by atoms with E-state index in [4.69, 9.17) is 0 Å². The Morgan fingerprint density at radius 2 is 1.90 bits per heavy atom. The average molecular weight is 308 g/mol. The van der Waals surface area contributed by atoms with Gasteiger partial charge in [-0.15, -0.1) is 0 Å². The second-order valence-electron chi connectivity index (χ2n) is 5.49. The van der Waals surface area contributed by atoms with E-state index in [1.54, 1.807) is 6.08 Å². The van der Waals surface area contributed by atoms with Crippen LogP contribution in [0, 0.1) is 0 Å². The molecule has 0 unspecified atom stereocenters. The maximum Gasteiger partial charge on any atom is 0.233 e. The van der Waals surface area contributed by atoms with E-state index >= 15 is 0 Å². The minimum Gasteiger partial charge on any atom is -0.303 e. The van der Waals surface area contributed by atoms with Gasteiger partial charge in [-0.3, -0.25) is 0 Å². The Balaban J connectivity index is 1.86. The molecule has 0 radical (unpaired) electrons. The van der Waals surface area contributed by atoms with Gasteiger partial charge in [-0.1, -0.05) is 37.3 Å². The van der Waals surface area contributed by atoms with Crippen LogP contribution in [0.4, 0.5) is 0 Å². The number of likely N-dealkylation sites (tertiary alicyclic amines) is 1. The Labute approximate surface area is 127 Å². The van der Waals surface area contributed by atoms with Crippen LogP contribution in [0.3, 0.4) is 0 Å². The lowest BCUT2D eigenvalue weighted by Crippen LogP contribution is -2.44. The van der Waals surface area contributed by atoms with Crippen LogP contribution in [0.15, 0.2) is 35.7 Å². The van der Waals surface area contributed by atoms with Crippen LogP contribution in [-0.2, 0) is 10.0 Å². The number of piperidine rings is 1. The Bertz CT molecular complexity index is 547. The lowest BCUT2D eigenvalue weighted by molar-refractivity contribution is 0.208. The fourth-order valence-corrected chi connectivity index (χ4v) is 3.71. The van der Waals surface area contributed by atoms with Crippen LogP contribution in [-0.4, -0.2) is 39.0 Å². The summed E-state index contributed by atoms with van der Waals surface area (Å²) in [6.45, 7) is 5.23. The molecule has 1 aliphatic rings. The van der Waals surface area contributed by atoms with Gasteiger partial charge in [0.2, 0.25) is 10.0 Å². The minimum atomic E-state index is -3.36. The van der Waals surface area contributed by atoms with Crippen LogP contribution in [0.5, 0.6) is 0 Å². The van der Waals surface area contributed by atoms with Gasteiger partial charge in [-0.25, -0.2) is 13.1 Å². The van der Waals surface area contributed by atoms with Crippen molar-refractivity contribution >= 4 is 16.1 Å². The molecule has 5 heteroatoms. The molecule has 1 heterocycles. The third kappa shape index (κ3) is 5.61. The molecule has 1 aliphatic heterocycles. The van der Waals surface area contributed by atoms with Crippen molar-refractivity contribution in [2.75, 3.05) is 19.6 Å². The van der Waals surface area contributed by atoms with E-state index in [1.165, 1.54) is 5.41 Å². The summed E-state index contributed by atoms with van der Waals surface area (Å²) < 4.78 is 26.9. The highest BCUT2D eigenvalue weighted by atomic mass is 32.2. The summed E-state index contributed by atoms with van der Waals surface area (Å²) >= 11 is 0. The molecule has 21 heavy (non-hydrogen) atoms. The first-order valence-corrected chi connectivity index (χ1v) is 9.11. The Morgan fingerprint density at radius 1 is 1.24 bits per heavy atom. The molecule has 2 rings (SSSR count). The van der Waals surface area contributed by atoms with E-state index in [0.29, 0.717) is 0 Å². The van der Waals surface area contributed by atoms with Gasteiger partial charge >= 0.3 is 0 Å². The number of rotatable bonds is 6. The molecule has 0 aromatic heterocycles. The van der Waals surface area contributed by atoms with Crippen molar-refractivity contribution in [3.63, 3.8) is 0 Å². The zero-order valence-electron chi connectivity index (χ0n) is 12.5. The Morgan fingerprint density at radius 3 is 2.52 bits per heavy atom. The van der Waals surface area contributed by atoms with Crippen molar-refractivity contribution in [3.05, 3.63) is 41.3 Å². The number of hydrogen-bond donors (Lipinski definition) is 1. The summed E-state index contributed by atoms with van der Waals surface area (Å²) in [5, 5.41) is 1.26. The van der Waals surface area contributed by atoms with Crippen LogP contribution in [0.25, 0.3) is 6.08 Å². The molecular formula is C16H24N2O2S. The zero-order valence-corrected chi connectivity index (χ0v) is 13.3. The molecular weight excluding hydrogens is 284 g/mol. The molecule has 0 bridgehead atoms. The summed E-state index contributed by atoms with van der Waals surface area (Å²) in [6, 6.07) is 9.52. The van der Waals surface area contributed by atoms with Crippen molar-refractivity contribution in [2.45, 2.75) is 32.2 Å². The van der Waals surface area contributed by atoms with E-state index in [2.05, 4.69) is 16.5 Å². The summed E-state index contributed by atoms with van der Waals surface area (Å²) in [5.41, 5.74) is 0.889. The standard InChI is InChI=1S/C16H24N2O2S/c1-2-11-18-12-8-16(9-13-18)17-21(19,20)14-10-15-6-4-3-5-7-15/h3-7,10,14,16-17H,2,8-9,11-13H2,1H3/b14-10+. The van der Waals surface area contributed by atoms with Gasteiger partial charge in [0.15, 0.2) is 0 Å². The molecule has 0 spiro atoms. The predicted octanol–water partition coefficient (Wildman–Crippen LogP) is 2.45. The topological polar surface area (TPSA) is 49.4 Å². The second-order valence-corrected chi connectivity index (χ2v) is 7.09. The second kappa shape index (κ2) is 7.73. The Kier molecular flexibility index (Phi) is 5.96. The van der Waals surface area contributed by atoms with Crippen molar-refractivity contribution in [1.82, 2.24) is 9.62 Å². The third-order valence-corrected chi connectivity index (χ3v) is 4.85. The summed E-state index contributed by atoms with van der Waals surface area (Å²) in [7, 11) is -3.36. The predicted molar refractivity (Wildman–Crippen MR) is 87.3 cm³/mol. The first-order chi connectivity index (χ1) is 10.1. The molecule has 1 fully saturated rings. The molecule has 0 atom stereocenters. The maximum atomic E-state index is 12.1. The van der Waals surface area contributed by atoms with Crippen LogP contribution < -0.4 is 4.72 Å². The van der Waals surface area contributed by atoms with E-state index in [1.807, 2.05) is 30.3 Å². The molecule has 4 nitrogen and oxygen atoms in total. The van der Waals surface area contributed by atoms with Gasteiger partial charge in [0, 0.05) is 11.4 Å². The highest BCUT2D eigenvalue weighted by molar-refractivity contribution is 7.92. The number of benzene rings is 1. The first-order valence-electron chi connectivity index (χ1n) is 7.57. The quantitative estimate of drug-likeness (QED) is 0.878. The minimum absolute atomic E-state index is 0.0588. The van der Waals surface area contributed by atoms with Crippen molar-refractivity contribution < 1.29 is 8.42 Å². The summed E-state index contributed by atoms with van der Waals surface area (Å²) in [6.07, 6.45) is 4.56. The zero-order chi connectivity index (χ0) is 15.1. The fraction of sp³-hybridized carbons (Fsp3) is 0.500. The first kappa shape index (κ1) is 16.2. The molecule has 0 saturated carbocycles. The van der Waals surface area contributed by atoms with E-state index in [0.717, 1.165) is 44.5 Å². The van der Waals surface area contributed by atoms with Crippen molar-refractivity contribution in [1.29, 1.82) is 0 Å². The molecule has 116 valence electrons. The van der Waals surface area contributed by atoms with Crippen molar-refractivity contribution in [2.24, 2.45) is 0 Å². The SMILES string of the molecule is CCCN1CCC(NS(=O)(=O)/C=C/c2ccccc2)CC1. The van der Waals surface area contributed by atoms with Crippen molar-refractivity contribution in [3.8, 4) is 0 Å². The van der Waals surface area contributed by atoms with Crippen LogP contribution >= 0.6 is 0 Å². The van der Waals surface area contributed by atoms with Crippen LogP contribution in [0.2, 0.25) is 0 Å². The molecule has 1 saturated heterocycles. The number of nitrogens with one attached hydrogen (secondary N) is 1. The van der Waals surface area contributed by atoms with Gasteiger partial charge in [0.1, 0.15) is 0 Å². The largest absolute Gasteiger partial charge is 0.303 e. The number of sulfonamides is 1. The van der Waals surface area contributed by atoms with Crippen LogP contribution in [0.1, 0.15) is 31.7 Å². The molecule has 1 aromatic carbocycles. The average Bonchev–Trinajstić information content (AvgIpc) is 2.48. The Hall–Kier alpha value is -1.17. The monoisotopic (exact) mass is 308 g/mol. The third-order valence-electron chi connectivity index (χ3n) is 3.70. The molecule has 0 aliphatic carbocycles. The summed E-state index contributed by atoms with van der Waals surface area (Å²) in [5.74, 6) is 0. The van der Waals surface area contributed by atoms with E-state index in [-0.39, 0.29) is 6.04 Å². The molecule has 1 N–H and O–H groups in total. The fourth-order valence-electron chi connectivity index (χ4n) is 2.59. The number of nitrogens with zero attached hydrogens (tertiary/aromatic N) is 1. The molecule has 1 aromatic rings.